The molecule has 31 heavy (non-hydrogen) atoms. The van der Waals surface area contributed by atoms with Crippen molar-refractivity contribution in [2.24, 2.45) is 0 Å². The zero-order valence-corrected chi connectivity index (χ0v) is 18.5. The topological polar surface area (TPSA) is 61.9 Å². The molecular weight excluding hydrogens is 390 g/mol. The standard InChI is InChI=1S/C25H35N3O3/c29-23(27-13-15-31-16-14-27)17-19-18-25(22-8-4-3-7-21(19)22)9-11-28(12-10-25)24(30)26-20-5-1-2-6-20/h3-4,7-8,19-20H,1-2,5-6,9-18H2,(H,26,30)/t19-/m1/s1. The molecule has 1 aromatic carbocycles. The van der Waals surface area contributed by atoms with Crippen LogP contribution in [-0.2, 0) is 14.9 Å². The van der Waals surface area contributed by atoms with Gasteiger partial charge in [0.2, 0.25) is 5.91 Å². The molecule has 168 valence electrons. The average Bonchev–Trinajstić information content (AvgIpc) is 3.42. The molecule has 2 aliphatic heterocycles. The summed E-state index contributed by atoms with van der Waals surface area (Å²) >= 11 is 0. The van der Waals surface area contributed by atoms with Crippen molar-refractivity contribution in [2.45, 2.75) is 68.7 Å². The number of morpholine rings is 1. The molecule has 1 N–H and O–H groups in total. The van der Waals surface area contributed by atoms with Gasteiger partial charge in [-0.15, -0.1) is 0 Å². The number of amides is 3. The maximum atomic E-state index is 13.0. The normalized spacial score (nSPS) is 25.6. The highest BCUT2D eigenvalue weighted by Crippen LogP contribution is 2.52. The molecule has 2 heterocycles. The smallest absolute Gasteiger partial charge is 0.317 e. The molecule has 5 rings (SSSR count). The van der Waals surface area contributed by atoms with E-state index in [-0.39, 0.29) is 23.3 Å². The van der Waals surface area contributed by atoms with Crippen LogP contribution in [0.15, 0.2) is 24.3 Å². The molecule has 0 aromatic heterocycles. The van der Waals surface area contributed by atoms with Crippen LogP contribution in [0.4, 0.5) is 4.79 Å². The van der Waals surface area contributed by atoms with Crippen molar-refractivity contribution < 1.29 is 14.3 Å². The van der Waals surface area contributed by atoms with Crippen LogP contribution < -0.4 is 5.32 Å². The van der Waals surface area contributed by atoms with Gasteiger partial charge in [0, 0.05) is 38.6 Å². The zero-order valence-electron chi connectivity index (χ0n) is 18.5. The lowest BCUT2D eigenvalue weighted by molar-refractivity contribution is -0.135. The Bertz CT molecular complexity index is 806. The maximum absolute atomic E-state index is 13.0. The Morgan fingerprint density at radius 3 is 2.45 bits per heavy atom. The number of fused-ring (bicyclic) bond motifs is 2. The number of nitrogens with zero attached hydrogens (tertiary/aromatic N) is 2. The molecule has 3 fully saturated rings. The van der Waals surface area contributed by atoms with Crippen LogP contribution in [0.1, 0.15) is 68.4 Å². The molecule has 2 saturated heterocycles. The highest BCUT2D eigenvalue weighted by molar-refractivity contribution is 5.78. The highest BCUT2D eigenvalue weighted by atomic mass is 16.5. The zero-order chi connectivity index (χ0) is 21.3. The van der Waals surface area contributed by atoms with Crippen LogP contribution in [0.2, 0.25) is 0 Å². The van der Waals surface area contributed by atoms with Gasteiger partial charge in [-0.25, -0.2) is 4.79 Å². The van der Waals surface area contributed by atoms with Crippen molar-refractivity contribution in [3.05, 3.63) is 35.4 Å². The number of urea groups is 1. The number of ether oxygens (including phenoxy) is 1. The van der Waals surface area contributed by atoms with E-state index in [1.165, 1.54) is 24.0 Å². The molecule has 1 aromatic rings. The second-order valence-electron chi connectivity index (χ2n) is 9.88. The Kier molecular flexibility index (Phi) is 5.91. The number of nitrogens with one attached hydrogen (secondary N) is 1. The summed E-state index contributed by atoms with van der Waals surface area (Å²) in [7, 11) is 0. The number of hydrogen-bond acceptors (Lipinski definition) is 3. The third-order valence-corrected chi connectivity index (χ3v) is 8.08. The first kappa shape index (κ1) is 20.8. The summed E-state index contributed by atoms with van der Waals surface area (Å²) in [5.41, 5.74) is 2.88. The van der Waals surface area contributed by atoms with E-state index in [1.807, 2.05) is 9.80 Å². The van der Waals surface area contributed by atoms with Crippen LogP contribution >= 0.6 is 0 Å². The van der Waals surface area contributed by atoms with Gasteiger partial charge in [0.15, 0.2) is 0 Å². The fraction of sp³-hybridized carbons (Fsp3) is 0.680. The van der Waals surface area contributed by atoms with Gasteiger partial charge in [-0.2, -0.15) is 0 Å². The molecule has 4 aliphatic rings. The lowest BCUT2D eigenvalue weighted by Gasteiger charge is -2.40. The van der Waals surface area contributed by atoms with E-state index >= 15 is 0 Å². The van der Waals surface area contributed by atoms with Gasteiger partial charge < -0.3 is 19.9 Å². The Hall–Kier alpha value is -2.08. The molecule has 1 spiro atoms. The number of likely N-dealkylation sites (tertiary alicyclic amines) is 1. The van der Waals surface area contributed by atoms with E-state index in [1.54, 1.807) is 0 Å². The summed E-state index contributed by atoms with van der Waals surface area (Å²) in [5.74, 6) is 0.541. The average molecular weight is 426 g/mol. The minimum absolute atomic E-state index is 0.108. The quantitative estimate of drug-likeness (QED) is 0.807. The number of carbonyl (C=O) groups excluding carboxylic acids is 2. The molecule has 2 aliphatic carbocycles. The Balaban J connectivity index is 1.25. The third-order valence-electron chi connectivity index (χ3n) is 8.08. The SMILES string of the molecule is O=C(C[C@@H]1CC2(CCN(C(=O)NC3CCCC3)CC2)c2ccccc21)N1CCOCC1. The van der Waals surface area contributed by atoms with Crippen LogP contribution in [0.3, 0.4) is 0 Å². The van der Waals surface area contributed by atoms with Gasteiger partial charge in [0.05, 0.1) is 13.2 Å². The Morgan fingerprint density at radius 1 is 1.00 bits per heavy atom. The van der Waals surface area contributed by atoms with E-state index in [4.69, 9.17) is 4.74 Å². The van der Waals surface area contributed by atoms with Crippen LogP contribution in [0.25, 0.3) is 0 Å². The largest absolute Gasteiger partial charge is 0.378 e. The van der Waals surface area contributed by atoms with Crippen molar-refractivity contribution in [3.8, 4) is 0 Å². The third kappa shape index (κ3) is 4.19. The van der Waals surface area contributed by atoms with E-state index < -0.39 is 0 Å². The van der Waals surface area contributed by atoms with Gasteiger partial charge >= 0.3 is 6.03 Å². The number of piperidine rings is 1. The molecule has 1 atom stereocenters. The van der Waals surface area contributed by atoms with Crippen LogP contribution in [0, 0.1) is 0 Å². The van der Waals surface area contributed by atoms with Crippen molar-refractivity contribution >= 4 is 11.9 Å². The predicted octanol–water partition coefficient (Wildman–Crippen LogP) is 3.41. The first-order chi connectivity index (χ1) is 15.1. The summed E-state index contributed by atoms with van der Waals surface area (Å²) in [6.07, 6.45) is 8.30. The Labute approximate surface area is 185 Å². The Morgan fingerprint density at radius 2 is 1.71 bits per heavy atom. The summed E-state index contributed by atoms with van der Waals surface area (Å²) < 4.78 is 5.41. The monoisotopic (exact) mass is 425 g/mol. The second kappa shape index (κ2) is 8.81. The molecule has 1 saturated carbocycles. The molecule has 6 heteroatoms. The van der Waals surface area contributed by atoms with E-state index in [9.17, 15) is 9.59 Å². The fourth-order valence-corrected chi connectivity index (χ4v) is 6.31. The van der Waals surface area contributed by atoms with Gasteiger partial charge in [0.1, 0.15) is 0 Å². The minimum atomic E-state index is 0.108. The van der Waals surface area contributed by atoms with Gasteiger partial charge in [-0.05, 0) is 54.6 Å². The van der Waals surface area contributed by atoms with E-state index in [0.717, 1.165) is 45.2 Å². The molecule has 0 unspecified atom stereocenters. The maximum Gasteiger partial charge on any atom is 0.317 e. The number of carbonyl (C=O) groups is 2. The van der Waals surface area contributed by atoms with Gasteiger partial charge in [-0.1, -0.05) is 37.1 Å². The van der Waals surface area contributed by atoms with Crippen LogP contribution in [0.5, 0.6) is 0 Å². The van der Waals surface area contributed by atoms with Crippen molar-refractivity contribution in [1.82, 2.24) is 15.1 Å². The minimum Gasteiger partial charge on any atom is -0.378 e. The summed E-state index contributed by atoms with van der Waals surface area (Å²) in [4.78, 5) is 29.7. The number of benzene rings is 1. The molecular formula is C25H35N3O3. The lowest BCUT2D eigenvalue weighted by Crippen LogP contribution is -2.50. The summed E-state index contributed by atoms with van der Waals surface area (Å²) in [6, 6.07) is 9.21. The fourth-order valence-electron chi connectivity index (χ4n) is 6.31. The predicted molar refractivity (Wildman–Crippen MR) is 119 cm³/mol. The molecule has 3 amide bonds. The van der Waals surface area contributed by atoms with Crippen molar-refractivity contribution in [3.63, 3.8) is 0 Å². The highest BCUT2D eigenvalue weighted by Gasteiger charge is 2.46. The van der Waals surface area contributed by atoms with E-state index in [2.05, 4.69) is 29.6 Å². The van der Waals surface area contributed by atoms with Gasteiger partial charge in [-0.3, -0.25) is 4.79 Å². The second-order valence-corrected chi connectivity index (χ2v) is 9.88. The molecule has 0 bridgehead atoms. The number of rotatable bonds is 3. The first-order valence-corrected chi connectivity index (χ1v) is 12.1. The van der Waals surface area contributed by atoms with Crippen molar-refractivity contribution in [2.75, 3.05) is 39.4 Å². The summed E-state index contributed by atoms with van der Waals surface area (Å²) in [5, 5.41) is 3.24. The molecule has 6 nitrogen and oxygen atoms in total. The van der Waals surface area contributed by atoms with Crippen molar-refractivity contribution in [1.29, 1.82) is 0 Å². The van der Waals surface area contributed by atoms with Gasteiger partial charge in [0.25, 0.3) is 0 Å². The van der Waals surface area contributed by atoms with Crippen LogP contribution in [-0.4, -0.2) is 67.2 Å². The lowest BCUT2D eigenvalue weighted by atomic mass is 9.73. The molecule has 0 radical (unpaired) electrons. The summed E-state index contributed by atoms with van der Waals surface area (Å²) in [6.45, 7) is 4.33. The van der Waals surface area contributed by atoms with E-state index in [0.29, 0.717) is 38.8 Å². The number of hydrogen-bond donors (Lipinski definition) is 1. The first-order valence-electron chi connectivity index (χ1n) is 12.1.